The van der Waals surface area contributed by atoms with E-state index in [1.165, 1.54) is 11.3 Å². The molecule has 5 nitrogen and oxygen atoms in total. The molecule has 19 heavy (non-hydrogen) atoms. The number of rotatable bonds is 2. The zero-order chi connectivity index (χ0) is 13.4. The van der Waals surface area contributed by atoms with Crippen LogP contribution in [0.1, 0.15) is 20.4 Å². The molecule has 3 heterocycles. The number of aryl methyl sites for hydroxylation is 2. The Balaban J connectivity index is 1.58. The third kappa shape index (κ3) is 2.52. The van der Waals surface area contributed by atoms with Crippen LogP contribution in [-0.2, 0) is 0 Å². The van der Waals surface area contributed by atoms with Crippen molar-refractivity contribution in [1.82, 2.24) is 20.1 Å². The fraction of sp³-hybridized carbons (Fsp3) is 0.692. The maximum atomic E-state index is 12.4. The third-order valence-corrected chi connectivity index (χ3v) is 4.98. The van der Waals surface area contributed by atoms with Crippen molar-refractivity contribution in [2.24, 2.45) is 0 Å². The summed E-state index contributed by atoms with van der Waals surface area (Å²) in [6.45, 7) is 9.95. The predicted octanol–water partition coefficient (Wildman–Crippen LogP) is 0.490. The van der Waals surface area contributed by atoms with Crippen molar-refractivity contribution in [2.75, 3.05) is 39.3 Å². The fourth-order valence-electron chi connectivity index (χ4n) is 2.77. The minimum Gasteiger partial charge on any atom is -0.335 e. The molecule has 0 aromatic carbocycles. The van der Waals surface area contributed by atoms with Gasteiger partial charge in [-0.1, -0.05) is 0 Å². The van der Waals surface area contributed by atoms with Gasteiger partial charge in [0.1, 0.15) is 4.88 Å². The lowest BCUT2D eigenvalue weighted by Gasteiger charge is -2.46. The van der Waals surface area contributed by atoms with Gasteiger partial charge in [-0.05, 0) is 13.8 Å². The van der Waals surface area contributed by atoms with E-state index in [2.05, 4.69) is 15.2 Å². The maximum absolute atomic E-state index is 12.4. The van der Waals surface area contributed by atoms with Crippen LogP contribution in [0.25, 0.3) is 0 Å². The highest BCUT2D eigenvalue weighted by Crippen LogP contribution is 2.23. The zero-order valence-corrected chi connectivity index (χ0v) is 12.3. The molecule has 104 valence electrons. The molecule has 0 bridgehead atoms. The second kappa shape index (κ2) is 5.19. The van der Waals surface area contributed by atoms with E-state index in [4.69, 9.17) is 0 Å². The van der Waals surface area contributed by atoms with Gasteiger partial charge in [0.25, 0.3) is 5.91 Å². The van der Waals surface area contributed by atoms with Gasteiger partial charge in [0.05, 0.1) is 10.7 Å². The highest BCUT2D eigenvalue weighted by molar-refractivity contribution is 7.13. The second-order valence-corrected chi connectivity index (χ2v) is 6.50. The van der Waals surface area contributed by atoms with Crippen LogP contribution in [0, 0.1) is 13.8 Å². The van der Waals surface area contributed by atoms with Crippen LogP contribution in [0.4, 0.5) is 0 Å². The Labute approximate surface area is 117 Å². The number of amides is 1. The molecule has 0 spiro atoms. The summed E-state index contributed by atoms with van der Waals surface area (Å²) < 4.78 is 0. The van der Waals surface area contributed by atoms with Crippen molar-refractivity contribution in [3.63, 3.8) is 0 Å². The smallest absolute Gasteiger partial charge is 0.265 e. The molecule has 0 unspecified atom stereocenters. The van der Waals surface area contributed by atoms with E-state index in [1.54, 1.807) is 0 Å². The minimum atomic E-state index is 0.162. The van der Waals surface area contributed by atoms with E-state index in [9.17, 15) is 4.79 Å². The van der Waals surface area contributed by atoms with E-state index in [1.807, 2.05) is 18.7 Å². The van der Waals surface area contributed by atoms with Gasteiger partial charge in [-0.25, -0.2) is 4.98 Å². The van der Waals surface area contributed by atoms with Crippen molar-refractivity contribution >= 4 is 17.2 Å². The molecule has 3 rings (SSSR count). The number of thiazole rings is 1. The Morgan fingerprint density at radius 3 is 2.58 bits per heavy atom. The maximum Gasteiger partial charge on any atom is 0.265 e. The topological polar surface area (TPSA) is 48.5 Å². The number of hydrogen-bond acceptors (Lipinski definition) is 5. The van der Waals surface area contributed by atoms with E-state index >= 15 is 0 Å². The highest BCUT2D eigenvalue weighted by Gasteiger charge is 2.36. The summed E-state index contributed by atoms with van der Waals surface area (Å²) in [4.78, 5) is 21.9. The summed E-state index contributed by atoms with van der Waals surface area (Å²) in [7, 11) is 0. The summed E-state index contributed by atoms with van der Waals surface area (Å²) in [5.74, 6) is 0.162. The van der Waals surface area contributed by atoms with Crippen LogP contribution in [0.15, 0.2) is 0 Å². The number of aromatic nitrogens is 1. The molecule has 0 radical (unpaired) electrons. The van der Waals surface area contributed by atoms with E-state index in [0.717, 1.165) is 54.8 Å². The summed E-state index contributed by atoms with van der Waals surface area (Å²) in [5.41, 5.74) is 0.873. The molecule has 1 N–H and O–H groups in total. The lowest BCUT2D eigenvalue weighted by Crippen LogP contribution is -2.63. The molecule has 2 fully saturated rings. The van der Waals surface area contributed by atoms with Gasteiger partial charge in [-0.2, -0.15) is 0 Å². The first-order chi connectivity index (χ1) is 9.15. The molecule has 1 aromatic rings. The Morgan fingerprint density at radius 2 is 2.00 bits per heavy atom. The van der Waals surface area contributed by atoms with E-state index in [0.29, 0.717) is 6.04 Å². The summed E-state index contributed by atoms with van der Waals surface area (Å²) in [6.07, 6.45) is 0. The Bertz CT molecular complexity index is 475. The van der Waals surface area contributed by atoms with Crippen LogP contribution >= 0.6 is 11.3 Å². The number of carbonyl (C=O) groups is 1. The zero-order valence-electron chi connectivity index (χ0n) is 11.5. The van der Waals surface area contributed by atoms with Gasteiger partial charge in [0.2, 0.25) is 0 Å². The van der Waals surface area contributed by atoms with Crippen molar-refractivity contribution in [3.05, 3.63) is 15.6 Å². The Kier molecular flexibility index (Phi) is 3.56. The lowest BCUT2D eigenvalue weighted by atomic mass is 10.1. The number of hydrogen-bond donors (Lipinski definition) is 1. The number of piperazine rings is 1. The third-order valence-electron chi connectivity index (χ3n) is 3.92. The molecule has 0 atom stereocenters. The van der Waals surface area contributed by atoms with E-state index < -0.39 is 0 Å². The predicted molar refractivity (Wildman–Crippen MR) is 75.7 cm³/mol. The van der Waals surface area contributed by atoms with Crippen molar-refractivity contribution in [3.8, 4) is 0 Å². The Hall–Kier alpha value is -0.980. The lowest BCUT2D eigenvalue weighted by molar-refractivity contribution is 0.0230. The van der Waals surface area contributed by atoms with Gasteiger partial charge in [-0.3, -0.25) is 9.69 Å². The van der Waals surface area contributed by atoms with Gasteiger partial charge < -0.3 is 10.2 Å². The van der Waals surface area contributed by atoms with Crippen LogP contribution in [0.2, 0.25) is 0 Å². The standard InChI is InChI=1S/C13H20N4OS/c1-9-12(19-10(2)15-9)13(18)17-7-11(8-17)16-5-3-14-4-6-16/h11,14H,3-8H2,1-2H3. The molecule has 2 saturated heterocycles. The summed E-state index contributed by atoms with van der Waals surface area (Å²) >= 11 is 1.51. The fourth-order valence-corrected chi connectivity index (χ4v) is 3.66. The van der Waals surface area contributed by atoms with Crippen molar-refractivity contribution in [2.45, 2.75) is 19.9 Å². The molecule has 1 amide bonds. The van der Waals surface area contributed by atoms with Gasteiger partial charge in [0, 0.05) is 45.3 Å². The van der Waals surface area contributed by atoms with Gasteiger partial charge >= 0.3 is 0 Å². The molecule has 2 aliphatic heterocycles. The molecule has 0 aliphatic carbocycles. The van der Waals surface area contributed by atoms with Crippen molar-refractivity contribution in [1.29, 1.82) is 0 Å². The highest BCUT2D eigenvalue weighted by atomic mass is 32.1. The van der Waals surface area contributed by atoms with Crippen LogP contribution < -0.4 is 5.32 Å². The first kappa shape index (κ1) is 13.0. The van der Waals surface area contributed by atoms with Gasteiger partial charge in [-0.15, -0.1) is 11.3 Å². The van der Waals surface area contributed by atoms with E-state index in [-0.39, 0.29) is 5.91 Å². The monoisotopic (exact) mass is 280 g/mol. The van der Waals surface area contributed by atoms with Crippen LogP contribution in [0.5, 0.6) is 0 Å². The average Bonchev–Trinajstić information content (AvgIpc) is 2.68. The summed E-state index contributed by atoms with van der Waals surface area (Å²) in [6, 6.07) is 0.556. The molecular formula is C13H20N4OS. The van der Waals surface area contributed by atoms with Crippen molar-refractivity contribution < 1.29 is 4.79 Å². The quantitative estimate of drug-likeness (QED) is 0.856. The first-order valence-electron chi connectivity index (χ1n) is 6.83. The summed E-state index contributed by atoms with van der Waals surface area (Å²) in [5, 5.41) is 4.33. The molecule has 2 aliphatic rings. The molecule has 0 saturated carbocycles. The van der Waals surface area contributed by atoms with Crippen LogP contribution in [0.3, 0.4) is 0 Å². The first-order valence-corrected chi connectivity index (χ1v) is 7.65. The SMILES string of the molecule is Cc1nc(C)c(C(=O)N2CC(N3CCNCC3)C2)s1. The molecular weight excluding hydrogens is 260 g/mol. The molecule has 6 heteroatoms. The van der Waals surface area contributed by atoms with Gasteiger partial charge in [0.15, 0.2) is 0 Å². The largest absolute Gasteiger partial charge is 0.335 e. The normalized spacial score (nSPS) is 21.5. The minimum absolute atomic E-state index is 0.162. The van der Waals surface area contributed by atoms with Crippen LogP contribution in [-0.4, -0.2) is 66.0 Å². The number of nitrogens with zero attached hydrogens (tertiary/aromatic N) is 3. The number of carbonyl (C=O) groups excluding carboxylic acids is 1. The average molecular weight is 280 g/mol. The number of likely N-dealkylation sites (tertiary alicyclic amines) is 1. The Morgan fingerprint density at radius 1 is 1.32 bits per heavy atom. The molecule has 1 aromatic heterocycles. The second-order valence-electron chi connectivity index (χ2n) is 5.30. The number of nitrogens with one attached hydrogen (secondary N) is 1.